The zero-order valence-corrected chi connectivity index (χ0v) is 14.7. The van der Waals surface area contributed by atoms with Gasteiger partial charge >= 0.3 is 56.5 Å². The van der Waals surface area contributed by atoms with Crippen LogP contribution in [0.25, 0.3) is 11.2 Å². The number of H-pyrrole nitrogens is 1. The number of ether oxygens (including phenoxy) is 2. The second-order valence-electron chi connectivity index (χ2n) is 5.30. The molecule has 0 aliphatic heterocycles. The first kappa shape index (κ1) is 20.6. The number of fused-ring (bicyclic) bond motifs is 1. The Hall–Kier alpha value is -0.684. The molecule has 7 nitrogen and oxygen atoms in total. The van der Waals surface area contributed by atoms with Crippen LogP contribution in [0.3, 0.4) is 0 Å². The maximum absolute atomic E-state index is 12.7. The predicted octanol–water partition coefficient (Wildman–Crippen LogP) is 1.65. The second-order valence-corrected chi connectivity index (χ2v) is 6.67. The third kappa shape index (κ3) is 4.36. The van der Waals surface area contributed by atoms with Crippen LogP contribution in [0.2, 0.25) is 0 Å². The molecular weight excluding hydrogens is 367 g/mol. The van der Waals surface area contributed by atoms with E-state index < -0.39 is 11.2 Å². The zero-order valence-electron chi connectivity index (χ0n) is 13.9. The van der Waals surface area contributed by atoms with Crippen LogP contribution in [0.5, 0.6) is 11.6 Å². The zero-order chi connectivity index (χ0) is 17.3. The number of aryl methyl sites for hydroxylation is 1. The van der Waals surface area contributed by atoms with Crippen LogP contribution < -0.4 is 9.47 Å². The average molecular weight is 387 g/mol. The summed E-state index contributed by atoms with van der Waals surface area (Å²) in [5.41, 5.74) is 3.75. The molecule has 0 fully saturated rings. The van der Waals surface area contributed by atoms with E-state index in [4.69, 9.17) is 9.47 Å². The molecule has 0 spiro atoms. The van der Waals surface area contributed by atoms with E-state index in [-0.39, 0.29) is 57.1 Å². The average Bonchev–Trinajstić information content (AvgIpc) is 3.01. The number of hydrogen-bond donors (Lipinski definition) is 1. The minimum atomic E-state index is -1.37. The van der Waals surface area contributed by atoms with Crippen LogP contribution in [0, 0.1) is 13.8 Å². The van der Waals surface area contributed by atoms with Crippen molar-refractivity contribution in [1.29, 1.82) is 0 Å². The number of hydrogen-bond acceptors (Lipinski definition) is 6. The molecule has 0 radical (unpaired) electrons. The predicted molar refractivity (Wildman–Crippen MR) is 98.0 cm³/mol. The van der Waals surface area contributed by atoms with E-state index in [1.54, 1.807) is 32.5 Å². The Morgan fingerprint density at radius 3 is 2.60 bits per heavy atom. The Labute approximate surface area is 191 Å². The van der Waals surface area contributed by atoms with Gasteiger partial charge in [-0.25, -0.2) is 0 Å². The fraction of sp³-hybridized carbons (Fsp3) is 0.312. The molecule has 1 atom stereocenters. The van der Waals surface area contributed by atoms with Crippen molar-refractivity contribution in [2.45, 2.75) is 24.8 Å². The molecule has 3 heterocycles. The molecule has 128 valence electrons. The van der Waals surface area contributed by atoms with E-state index >= 15 is 0 Å². The Balaban J connectivity index is 0.00000225. The van der Waals surface area contributed by atoms with E-state index in [2.05, 4.69) is 19.9 Å². The molecule has 25 heavy (non-hydrogen) atoms. The van der Waals surface area contributed by atoms with E-state index in [1.165, 1.54) is 0 Å². The standard InChI is InChI=1S/C16H18N4O3S.K.H/c1-9-7-17-12(10(2)14(9)23-4)8-24(21)16-18-11-5-6-13(22-3)19-15(11)20-16;;/h5-7H,8H2,1-4H3,(H,18,19,20);;. The second kappa shape index (κ2) is 8.80. The molecule has 0 amide bonds. The van der Waals surface area contributed by atoms with Gasteiger partial charge in [0, 0.05) is 34.6 Å². The number of nitrogens with one attached hydrogen (secondary N) is 1. The fourth-order valence-corrected chi connectivity index (χ4v) is 3.57. The molecule has 9 heteroatoms. The molecule has 1 N–H and O–H groups in total. The molecule has 3 rings (SSSR count). The van der Waals surface area contributed by atoms with Crippen LogP contribution >= 0.6 is 0 Å². The number of rotatable bonds is 5. The molecule has 0 bridgehead atoms. The summed E-state index contributed by atoms with van der Waals surface area (Å²) in [4.78, 5) is 15.9. The Morgan fingerprint density at radius 1 is 1.16 bits per heavy atom. The van der Waals surface area contributed by atoms with E-state index in [0.29, 0.717) is 22.2 Å². The molecule has 1 unspecified atom stereocenters. The van der Waals surface area contributed by atoms with E-state index in [9.17, 15) is 4.55 Å². The van der Waals surface area contributed by atoms with Gasteiger partial charge in [-0.1, -0.05) is 0 Å². The summed E-state index contributed by atoms with van der Waals surface area (Å²) < 4.78 is 23.1. The minimum absolute atomic E-state index is 0. The fourth-order valence-electron chi connectivity index (χ4n) is 2.48. The topological polar surface area (TPSA) is 96.0 Å². The Kier molecular flexibility index (Phi) is 7.26. The molecule has 0 aromatic carbocycles. The summed E-state index contributed by atoms with van der Waals surface area (Å²) in [6.45, 7) is 3.84. The van der Waals surface area contributed by atoms with Crippen LogP contribution in [-0.4, -0.2) is 90.1 Å². The van der Waals surface area contributed by atoms with Gasteiger partial charge in [-0.3, -0.25) is 9.97 Å². The van der Waals surface area contributed by atoms with Gasteiger partial charge in [0.1, 0.15) is 5.75 Å². The van der Waals surface area contributed by atoms with Gasteiger partial charge in [0.05, 0.1) is 25.4 Å². The quantitative estimate of drug-likeness (QED) is 0.529. The van der Waals surface area contributed by atoms with Crippen molar-refractivity contribution in [3.63, 3.8) is 0 Å². The van der Waals surface area contributed by atoms with Gasteiger partial charge in [-0.15, -0.1) is 0 Å². The molecule has 3 aromatic rings. The molecule has 0 saturated carbocycles. The SMILES string of the molecule is COc1ccc2[nH]c([S+]([O-])Cc3ncc(C)c(OC)c3C)nc2n1.[KH]. The van der Waals surface area contributed by atoms with Crippen molar-refractivity contribution in [1.82, 2.24) is 19.9 Å². The van der Waals surface area contributed by atoms with Crippen LogP contribution in [-0.2, 0) is 16.9 Å². The normalized spacial score (nSPS) is 11.9. The van der Waals surface area contributed by atoms with Crippen LogP contribution in [0.1, 0.15) is 16.8 Å². The van der Waals surface area contributed by atoms with Gasteiger partial charge < -0.3 is 14.0 Å². The van der Waals surface area contributed by atoms with Crippen molar-refractivity contribution in [3.05, 3.63) is 35.2 Å². The van der Waals surface area contributed by atoms with Crippen molar-refractivity contribution in [2.24, 2.45) is 0 Å². The summed E-state index contributed by atoms with van der Waals surface area (Å²) in [6.07, 6.45) is 1.73. The Morgan fingerprint density at radius 2 is 1.92 bits per heavy atom. The monoisotopic (exact) mass is 386 g/mol. The maximum atomic E-state index is 12.7. The first-order chi connectivity index (χ1) is 11.5. The number of nitrogens with zero attached hydrogens (tertiary/aromatic N) is 3. The first-order valence-corrected chi connectivity index (χ1v) is 8.63. The van der Waals surface area contributed by atoms with Crippen molar-refractivity contribution in [3.8, 4) is 11.6 Å². The molecular formula is C16H19KN4O3S. The third-order valence-corrected chi connectivity index (χ3v) is 4.90. The summed E-state index contributed by atoms with van der Waals surface area (Å²) in [5, 5.41) is 0.367. The third-order valence-electron chi connectivity index (χ3n) is 3.74. The molecule has 3 aromatic heterocycles. The number of aromatic amines is 1. The van der Waals surface area contributed by atoms with E-state index in [1.807, 2.05) is 13.8 Å². The van der Waals surface area contributed by atoms with Gasteiger partial charge in [0.25, 0.3) is 0 Å². The van der Waals surface area contributed by atoms with Crippen molar-refractivity contribution >= 4 is 73.7 Å². The summed E-state index contributed by atoms with van der Waals surface area (Å²) in [5.74, 6) is 1.49. The van der Waals surface area contributed by atoms with Gasteiger partial charge in [-0.2, -0.15) is 9.97 Å². The summed E-state index contributed by atoms with van der Waals surface area (Å²) in [6, 6.07) is 3.52. The van der Waals surface area contributed by atoms with Gasteiger partial charge in [-0.05, 0) is 19.9 Å². The van der Waals surface area contributed by atoms with Gasteiger partial charge in [0.15, 0.2) is 11.4 Å². The van der Waals surface area contributed by atoms with E-state index in [0.717, 1.165) is 22.6 Å². The van der Waals surface area contributed by atoms with Crippen molar-refractivity contribution in [2.75, 3.05) is 14.2 Å². The van der Waals surface area contributed by atoms with Crippen LogP contribution in [0.15, 0.2) is 23.5 Å². The number of aromatic nitrogens is 4. The van der Waals surface area contributed by atoms with Gasteiger partial charge in [0.2, 0.25) is 5.88 Å². The molecule has 0 aliphatic carbocycles. The molecule has 0 saturated heterocycles. The summed E-state index contributed by atoms with van der Waals surface area (Å²) in [7, 11) is 3.16. The number of imidazole rings is 1. The molecule has 0 aliphatic rings. The first-order valence-electron chi connectivity index (χ1n) is 7.31. The Bertz CT molecular complexity index is 887. The number of pyridine rings is 2. The summed E-state index contributed by atoms with van der Waals surface area (Å²) >= 11 is -1.37. The number of methoxy groups -OCH3 is 2. The van der Waals surface area contributed by atoms with Crippen LogP contribution in [0.4, 0.5) is 0 Å². The van der Waals surface area contributed by atoms with Crippen molar-refractivity contribution < 1.29 is 14.0 Å².